The van der Waals surface area contributed by atoms with Gasteiger partial charge in [-0.3, -0.25) is 14.2 Å². The Morgan fingerprint density at radius 3 is 2.82 bits per heavy atom. The molecule has 1 aromatic carbocycles. The molecule has 0 radical (unpaired) electrons. The molecule has 1 unspecified atom stereocenters. The van der Waals surface area contributed by atoms with Crippen LogP contribution in [0.25, 0.3) is 10.9 Å². The molecule has 1 aromatic heterocycles. The molecule has 1 aliphatic carbocycles. The van der Waals surface area contributed by atoms with Crippen molar-refractivity contribution in [3.63, 3.8) is 0 Å². The van der Waals surface area contributed by atoms with E-state index in [1.165, 1.54) is 0 Å². The zero-order chi connectivity index (χ0) is 15.7. The highest BCUT2D eigenvalue weighted by Gasteiger charge is 2.28. The lowest BCUT2D eigenvalue weighted by atomic mass is 10.2. The third-order valence-corrected chi connectivity index (χ3v) is 3.95. The van der Waals surface area contributed by atoms with Crippen LogP contribution in [0.1, 0.15) is 12.8 Å². The number of rotatable bonds is 5. The van der Waals surface area contributed by atoms with Crippen LogP contribution in [0.2, 0.25) is 0 Å². The molecule has 0 aliphatic heterocycles. The zero-order valence-electron chi connectivity index (χ0n) is 12.0. The Balaban J connectivity index is 1.76. The third-order valence-electron chi connectivity index (χ3n) is 3.95. The van der Waals surface area contributed by atoms with Gasteiger partial charge >= 0.3 is 5.69 Å². The molecular weight excluding hydrogens is 284 g/mol. The molecule has 3 rings (SSSR count). The monoisotopic (exact) mass is 302 g/mol. The second kappa shape index (κ2) is 5.76. The zero-order valence-corrected chi connectivity index (χ0v) is 12.0. The largest absolute Gasteiger partial charge is 0.353 e. The van der Waals surface area contributed by atoms with Crippen molar-refractivity contribution in [3.8, 4) is 0 Å². The van der Waals surface area contributed by atoms with Crippen molar-refractivity contribution in [2.24, 2.45) is 11.7 Å². The van der Waals surface area contributed by atoms with E-state index in [9.17, 15) is 14.4 Å². The molecule has 1 heterocycles. The Bertz CT molecular complexity index is 819. The van der Waals surface area contributed by atoms with Gasteiger partial charge in [-0.2, -0.15) is 0 Å². The number of nitrogens with one attached hydrogen (secondary N) is 2. The fraction of sp³-hybridized carbons (Fsp3) is 0.400. The topological polar surface area (TPSA) is 110 Å². The van der Waals surface area contributed by atoms with Crippen LogP contribution in [0.3, 0.4) is 0 Å². The Morgan fingerprint density at radius 2 is 2.09 bits per heavy atom. The lowest BCUT2D eigenvalue weighted by Crippen LogP contribution is -2.44. The average Bonchev–Trinajstić information content (AvgIpc) is 3.34. The molecule has 7 heteroatoms. The number of amides is 1. The number of fused-ring (bicyclic) bond motifs is 1. The number of nitrogens with zero attached hydrogens (tertiary/aromatic N) is 1. The van der Waals surface area contributed by atoms with Crippen molar-refractivity contribution < 1.29 is 4.79 Å². The van der Waals surface area contributed by atoms with E-state index in [4.69, 9.17) is 5.73 Å². The Hall–Kier alpha value is -2.41. The van der Waals surface area contributed by atoms with E-state index in [1.807, 2.05) is 0 Å². The molecule has 1 aliphatic rings. The number of carbonyl (C=O) groups is 1. The normalized spacial score (nSPS) is 15.7. The summed E-state index contributed by atoms with van der Waals surface area (Å²) in [6.07, 6.45) is 2.20. The van der Waals surface area contributed by atoms with Gasteiger partial charge < -0.3 is 16.0 Å². The number of hydrogen-bond donors (Lipinski definition) is 3. The van der Waals surface area contributed by atoms with Gasteiger partial charge in [0, 0.05) is 12.6 Å². The van der Waals surface area contributed by atoms with Crippen molar-refractivity contribution in [1.82, 2.24) is 14.9 Å². The fourth-order valence-electron chi connectivity index (χ4n) is 2.46. The first-order chi connectivity index (χ1) is 10.6. The van der Waals surface area contributed by atoms with Crippen LogP contribution >= 0.6 is 0 Å². The van der Waals surface area contributed by atoms with Crippen molar-refractivity contribution in [2.45, 2.75) is 25.4 Å². The number of benzene rings is 1. The molecular formula is C15H18N4O3. The summed E-state index contributed by atoms with van der Waals surface area (Å²) in [7, 11) is 0. The molecule has 7 nitrogen and oxygen atoms in total. The quantitative estimate of drug-likeness (QED) is 0.694. The van der Waals surface area contributed by atoms with Crippen LogP contribution in [-0.4, -0.2) is 28.0 Å². The van der Waals surface area contributed by atoms with E-state index in [0.717, 1.165) is 17.4 Å². The number of para-hydroxylation sites is 1. The SMILES string of the molecule is NC(CNC(=O)Cn1c(=O)[nH]c2ccccc2c1=O)C1CC1. The van der Waals surface area contributed by atoms with E-state index >= 15 is 0 Å². The highest BCUT2D eigenvalue weighted by Crippen LogP contribution is 2.31. The van der Waals surface area contributed by atoms with Gasteiger partial charge in [-0.1, -0.05) is 12.1 Å². The summed E-state index contributed by atoms with van der Waals surface area (Å²) in [6, 6.07) is 6.65. The minimum Gasteiger partial charge on any atom is -0.353 e. The molecule has 22 heavy (non-hydrogen) atoms. The van der Waals surface area contributed by atoms with E-state index < -0.39 is 11.2 Å². The number of H-pyrrole nitrogens is 1. The van der Waals surface area contributed by atoms with Gasteiger partial charge in [0.15, 0.2) is 0 Å². The lowest BCUT2D eigenvalue weighted by molar-refractivity contribution is -0.121. The fourth-order valence-corrected chi connectivity index (χ4v) is 2.46. The first-order valence-corrected chi connectivity index (χ1v) is 7.30. The second-order valence-corrected chi connectivity index (χ2v) is 5.67. The number of aromatic nitrogens is 2. The van der Waals surface area contributed by atoms with Crippen LogP contribution in [0.5, 0.6) is 0 Å². The minimum atomic E-state index is -0.592. The van der Waals surface area contributed by atoms with Crippen LogP contribution in [0, 0.1) is 5.92 Å². The van der Waals surface area contributed by atoms with E-state index in [2.05, 4.69) is 10.3 Å². The molecule has 1 atom stereocenters. The van der Waals surface area contributed by atoms with E-state index in [1.54, 1.807) is 24.3 Å². The van der Waals surface area contributed by atoms with Gasteiger partial charge in [-0.05, 0) is 30.9 Å². The summed E-state index contributed by atoms with van der Waals surface area (Å²) in [6.45, 7) is 0.0557. The molecule has 0 spiro atoms. The Morgan fingerprint density at radius 1 is 1.36 bits per heavy atom. The lowest BCUT2D eigenvalue weighted by Gasteiger charge is -2.12. The molecule has 116 valence electrons. The minimum absolute atomic E-state index is 0.0597. The number of aromatic amines is 1. The van der Waals surface area contributed by atoms with Crippen molar-refractivity contribution >= 4 is 16.8 Å². The number of carbonyl (C=O) groups excluding carboxylic acids is 1. The Kier molecular flexibility index (Phi) is 3.81. The van der Waals surface area contributed by atoms with Crippen LogP contribution in [-0.2, 0) is 11.3 Å². The van der Waals surface area contributed by atoms with Gasteiger partial charge in [-0.15, -0.1) is 0 Å². The second-order valence-electron chi connectivity index (χ2n) is 5.67. The average molecular weight is 302 g/mol. The summed E-state index contributed by atoms with van der Waals surface area (Å²) in [4.78, 5) is 38.7. The predicted molar refractivity (Wildman–Crippen MR) is 82.5 cm³/mol. The predicted octanol–water partition coefficient (Wildman–Crippen LogP) is -0.457. The van der Waals surface area contributed by atoms with E-state index in [-0.39, 0.29) is 18.5 Å². The summed E-state index contributed by atoms with van der Waals surface area (Å²) in [5, 5.41) is 3.06. The molecule has 1 amide bonds. The van der Waals surface area contributed by atoms with Crippen molar-refractivity contribution in [3.05, 3.63) is 45.1 Å². The Labute approximate surface area is 126 Å². The molecule has 0 bridgehead atoms. The highest BCUT2D eigenvalue weighted by molar-refractivity contribution is 5.78. The molecule has 1 fully saturated rings. The maximum absolute atomic E-state index is 12.3. The smallest absolute Gasteiger partial charge is 0.329 e. The van der Waals surface area contributed by atoms with Gasteiger partial charge in [0.1, 0.15) is 6.54 Å². The van der Waals surface area contributed by atoms with Crippen LogP contribution in [0.4, 0.5) is 0 Å². The summed E-state index contributed by atoms with van der Waals surface area (Å²) in [5.74, 6) is 0.0890. The van der Waals surface area contributed by atoms with Gasteiger partial charge in [0.2, 0.25) is 5.91 Å². The number of nitrogens with two attached hydrogens (primary N) is 1. The van der Waals surface area contributed by atoms with Gasteiger partial charge in [0.25, 0.3) is 5.56 Å². The van der Waals surface area contributed by atoms with Crippen molar-refractivity contribution in [2.75, 3.05) is 6.54 Å². The number of hydrogen-bond acceptors (Lipinski definition) is 4. The summed E-state index contributed by atoms with van der Waals surface area (Å²) < 4.78 is 0.903. The summed E-state index contributed by atoms with van der Waals surface area (Å²) >= 11 is 0. The maximum atomic E-state index is 12.3. The van der Waals surface area contributed by atoms with E-state index in [0.29, 0.717) is 23.4 Å². The van der Waals surface area contributed by atoms with Gasteiger partial charge in [-0.25, -0.2) is 4.79 Å². The molecule has 0 saturated heterocycles. The van der Waals surface area contributed by atoms with Crippen LogP contribution in [0.15, 0.2) is 33.9 Å². The molecule has 1 saturated carbocycles. The third kappa shape index (κ3) is 2.94. The first kappa shape index (κ1) is 14.5. The van der Waals surface area contributed by atoms with Crippen molar-refractivity contribution in [1.29, 1.82) is 0 Å². The standard InChI is InChI=1S/C15H18N4O3/c16-11(9-5-6-9)7-17-13(20)8-19-14(21)10-3-1-2-4-12(10)18-15(19)22/h1-4,9,11H,5-8,16H2,(H,17,20)(H,18,22). The molecule has 2 aromatic rings. The maximum Gasteiger partial charge on any atom is 0.329 e. The molecule has 4 N–H and O–H groups in total. The van der Waals surface area contributed by atoms with Gasteiger partial charge in [0.05, 0.1) is 10.9 Å². The highest BCUT2D eigenvalue weighted by atomic mass is 16.2. The first-order valence-electron chi connectivity index (χ1n) is 7.30. The summed E-state index contributed by atoms with van der Waals surface area (Å²) in [5.41, 5.74) is 5.30. The van der Waals surface area contributed by atoms with Crippen LogP contribution < -0.4 is 22.3 Å².